The second-order valence-electron chi connectivity index (χ2n) is 3.62. The number of rotatable bonds is 5. The second kappa shape index (κ2) is 6.88. The highest BCUT2D eigenvalue weighted by Crippen LogP contribution is 2.17. The molecule has 0 aromatic heterocycles. The van der Waals surface area contributed by atoms with Crippen LogP contribution in [0.25, 0.3) is 0 Å². The van der Waals surface area contributed by atoms with Crippen molar-refractivity contribution < 1.29 is 9.53 Å². The zero-order chi connectivity index (χ0) is 11.8. The molecule has 1 atom stereocenters. The Morgan fingerprint density at radius 2 is 2.00 bits per heavy atom. The lowest BCUT2D eigenvalue weighted by Crippen LogP contribution is -2.29. The second-order valence-corrected chi connectivity index (χ2v) is 3.62. The van der Waals surface area contributed by atoms with E-state index >= 15 is 0 Å². The molecule has 1 N–H and O–H groups in total. The van der Waals surface area contributed by atoms with Gasteiger partial charge in [-0.25, -0.2) is 4.79 Å². The largest absolute Gasteiger partial charge is 0.450 e. The SMILES string of the molecule is CCCC(NC(=O)OCC)c1ccccc1. The van der Waals surface area contributed by atoms with Crippen molar-refractivity contribution in [2.75, 3.05) is 6.61 Å². The van der Waals surface area contributed by atoms with E-state index in [4.69, 9.17) is 4.74 Å². The van der Waals surface area contributed by atoms with Gasteiger partial charge in [-0.3, -0.25) is 0 Å². The molecule has 0 saturated heterocycles. The van der Waals surface area contributed by atoms with Gasteiger partial charge in [0.1, 0.15) is 0 Å². The van der Waals surface area contributed by atoms with E-state index < -0.39 is 0 Å². The monoisotopic (exact) mass is 221 g/mol. The predicted octanol–water partition coefficient (Wildman–Crippen LogP) is 3.27. The lowest BCUT2D eigenvalue weighted by molar-refractivity contribution is 0.147. The van der Waals surface area contributed by atoms with Crippen LogP contribution >= 0.6 is 0 Å². The van der Waals surface area contributed by atoms with E-state index in [-0.39, 0.29) is 12.1 Å². The van der Waals surface area contributed by atoms with Crippen molar-refractivity contribution in [2.45, 2.75) is 32.7 Å². The van der Waals surface area contributed by atoms with Gasteiger partial charge in [-0.05, 0) is 18.9 Å². The van der Waals surface area contributed by atoms with Crippen molar-refractivity contribution >= 4 is 6.09 Å². The number of ether oxygens (including phenoxy) is 1. The number of carbonyl (C=O) groups is 1. The molecule has 1 amide bonds. The molecule has 0 radical (unpaired) electrons. The molecule has 0 aliphatic carbocycles. The molecule has 1 unspecified atom stereocenters. The fraction of sp³-hybridized carbons (Fsp3) is 0.462. The maximum Gasteiger partial charge on any atom is 0.407 e. The summed E-state index contributed by atoms with van der Waals surface area (Å²) in [4.78, 5) is 11.4. The molecule has 88 valence electrons. The van der Waals surface area contributed by atoms with Crippen LogP contribution in [-0.2, 0) is 4.74 Å². The zero-order valence-corrected chi connectivity index (χ0v) is 9.90. The average molecular weight is 221 g/mol. The number of nitrogens with one attached hydrogen (secondary N) is 1. The molecule has 0 aliphatic rings. The summed E-state index contributed by atoms with van der Waals surface area (Å²) in [7, 11) is 0. The molecular weight excluding hydrogens is 202 g/mol. The molecule has 0 saturated carbocycles. The van der Waals surface area contributed by atoms with E-state index in [1.54, 1.807) is 6.92 Å². The van der Waals surface area contributed by atoms with Crippen LogP contribution in [0.3, 0.4) is 0 Å². The van der Waals surface area contributed by atoms with Crippen LogP contribution in [0.4, 0.5) is 4.79 Å². The highest BCUT2D eigenvalue weighted by atomic mass is 16.5. The van der Waals surface area contributed by atoms with E-state index in [9.17, 15) is 4.79 Å². The van der Waals surface area contributed by atoms with Gasteiger partial charge in [0, 0.05) is 0 Å². The molecule has 0 bridgehead atoms. The summed E-state index contributed by atoms with van der Waals surface area (Å²) < 4.78 is 4.89. The van der Waals surface area contributed by atoms with Crippen molar-refractivity contribution in [2.24, 2.45) is 0 Å². The Morgan fingerprint density at radius 3 is 2.56 bits per heavy atom. The van der Waals surface area contributed by atoms with Crippen molar-refractivity contribution in [3.63, 3.8) is 0 Å². The maximum atomic E-state index is 11.4. The minimum Gasteiger partial charge on any atom is -0.450 e. The van der Waals surface area contributed by atoms with Gasteiger partial charge in [0.25, 0.3) is 0 Å². The average Bonchev–Trinajstić information content (AvgIpc) is 2.30. The van der Waals surface area contributed by atoms with Crippen molar-refractivity contribution in [1.82, 2.24) is 5.32 Å². The first kappa shape index (κ1) is 12.6. The van der Waals surface area contributed by atoms with Gasteiger partial charge >= 0.3 is 6.09 Å². The Labute approximate surface area is 96.8 Å². The van der Waals surface area contributed by atoms with Crippen LogP contribution in [0.2, 0.25) is 0 Å². The molecule has 1 aromatic carbocycles. The summed E-state index contributed by atoms with van der Waals surface area (Å²) in [6, 6.07) is 10.0. The molecule has 1 aromatic rings. The molecule has 3 heteroatoms. The molecule has 3 nitrogen and oxygen atoms in total. The van der Waals surface area contributed by atoms with Gasteiger partial charge in [0.05, 0.1) is 12.6 Å². The standard InChI is InChI=1S/C13H19NO2/c1-3-8-12(14-13(15)16-4-2)11-9-6-5-7-10-11/h5-7,9-10,12H,3-4,8H2,1-2H3,(H,14,15). The lowest BCUT2D eigenvalue weighted by Gasteiger charge is -2.18. The smallest absolute Gasteiger partial charge is 0.407 e. The minimum absolute atomic E-state index is 0.0465. The van der Waals surface area contributed by atoms with Crippen LogP contribution in [0.5, 0.6) is 0 Å². The van der Waals surface area contributed by atoms with Gasteiger partial charge in [-0.2, -0.15) is 0 Å². The normalized spacial score (nSPS) is 11.9. The van der Waals surface area contributed by atoms with E-state index in [1.165, 1.54) is 0 Å². The zero-order valence-electron chi connectivity index (χ0n) is 9.90. The number of hydrogen-bond donors (Lipinski definition) is 1. The predicted molar refractivity (Wildman–Crippen MR) is 64.2 cm³/mol. The van der Waals surface area contributed by atoms with Crippen LogP contribution < -0.4 is 5.32 Å². The van der Waals surface area contributed by atoms with Gasteiger partial charge in [-0.15, -0.1) is 0 Å². The van der Waals surface area contributed by atoms with Crippen LogP contribution in [-0.4, -0.2) is 12.7 Å². The van der Waals surface area contributed by atoms with Crippen molar-refractivity contribution in [1.29, 1.82) is 0 Å². The van der Waals surface area contributed by atoms with Gasteiger partial charge in [-0.1, -0.05) is 43.7 Å². The number of benzene rings is 1. The maximum absolute atomic E-state index is 11.4. The number of amides is 1. The van der Waals surface area contributed by atoms with Crippen LogP contribution in [0.15, 0.2) is 30.3 Å². The van der Waals surface area contributed by atoms with Gasteiger partial charge in [0.15, 0.2) is 0 Å². The molecule has 1 rings (SSSR count). The molecule has 0 heterocycles. The Morgan fingerprint density at radius 1 is 1.31 bits per heavy atom. The third kappa shape index (κ3) is 3.93. The fourth-order valence-corrected chi connectivity index (χ4v) is 1.61. The molecule has 0 spiro atoms. The summed E-state index contributed by atoms with van der Waals surface area (Å²) in [6.07, 6.45) is 1.60. The topological polar surface area (TPSA) is 38.3 Å². The molecule has 0 fully saturated rings. The van der Waals surface area contributed by atoms with E-state index in [0.717, 1.165) is 18.4 Å². The highest BCUT2D eigenvalue weighted by Gasteiger charge is 2.13. The van der Waals surface area contributed by atoms with Crippen LogP contribution in [0, 0.1) is 0 Å². The summed E-state index contributed by atoms with van der Waals surface area (Å²) in [5.74, 6) is 0. The number of carbonyl (C=O) groups excluding carboxylic acids is 1. The minimum atomic E-state index is -0.343. The lowest BCUT2D eigenvalue weighted by atomic mass is 10.0. The van der Waals surface area contributed by atoms with Crippen molar-refractivity contribution in [3.05, 3.63) is 35.9 Å². The third-order valence-electron chi connectivity index (χ3n) is 2.35. The molecular formula is C13H19NO2. The third-order valence-corrected chi connectivity index (χ3v) is 2.35. The Balaban J connectivity index is 2.64. The van der Waals surface area contributed by atoms with E-state index in [1.807, 2.05) is 30.3 Å². The Kier molecular flexibility index (Phi) is 5.40. The summed E-state index contributed by atoms with van der Waals surface area (Å²) >= 11 is 0. The Hall–Kier alpha value is -1.51. The summed E-state index contributed by atoms with van der Waals surface area (Å²) in [5, 5.41) is 2.87. The first-order valence-corrected chi connectivity index (χ1v) is 5.76. The highest BCUT2D eigenvalue weighted by molar-refractivity contribution is 5.67. The molecule has 16 heavy (non-hydrogen) atoms. The van der Waals surface area contributed by atoms with E-state index in [2.05, 4.69) is 12.2 Å². The number of alkyl carbamates (subject to hydrolysis) is 1. The fourth-order valence-electron chi connectivity index (χ4n) is 1.61. The quantitative estimate of drug-likeness (QED) is 0.828. The molecule has 0 aliphatic heterocycles. The summed E-state index contributed by atoms with van der Waals surface area (Å²) in [5.41, 5.74) is 1.12. The first-order chi connectivity index (χ1) is 7.77. The Bertz CT molecular complexity index is 311. The number of hydrogen-bond acceptors (Lipinski definition) is 2. The van der Waals surface area contributed by atoms with Crippen molar-refractivity contribution in [3.8, 4) is 0 Å². The van der Waals surface area contributed by atoms with Gasteiger partial charge in [0.2, 0.25) is 0 Å². The summed E-state index contributed by atoms with van der Waals surface area (Å²) in [6.45, 7) is 4.30. The first-order valence-electron chi connectivity index (χ1n) is 5.76. The van der Waals surface area contributed by atoms with Gasteiger partial charge < -0.3 is 10.1 Å². The van der Waals surface area contributed by atoms with E-state index in [0.29, 0.717) is 6.61 Å². The van der Waals surface area contributed by atoms with Crippen LogP contribution in [0.1, 0.15) is 38.3 Å².